The number of aromatic amines is 1. The maximum Gasteiger partial charge on any atom is 0.254 e. The van der Waals surface area contributed by atoms with Crippen LogP contribution >= 0.6 is 35.0 Å². The number of nitrogens with zero attached hydrogens (tertiary/aromatic N) is 1. The molecule has 0 saturated heterocycles. The molecular formula is C15H13Cl2N3O2S. The second-order valence-electron chi connectivity index (χ2n) is 5.09. The lowest BCUT2D eigenvalue weighted by Crippen LogP contribution is -2.17. The van der Waals surface area contributed by atoms with E-state index >= 15 is 0 Å². The highest BCUT2D eigenvalue weighted by molar-refractivity contribution is 7.99. The van der Waals surface area contributed by atoms with Crippen LogP contribution in [0.25, 0.3) is 0 Å². The summed E-state index contributed by atoms with van der Waals surface area (Å²) < 4.78 is 0. The molecule has 0 spiro atoms. The van der Waals surface area contributed by atoms with Gasteiger partial charge >= 0.3 is 0 Å². The van der Waals surface area contributed by atoms with Gasteiger partial charge in [-0.3, -0.25) is 9.59 Å². The summed E-state index contributed by atoms with van der Waals surface area (Å²) in [4.78, 5) is 31.0. The lowest BCUT2D eigenvalue weighted by molar-refractivity contribution is -0.113. The van der Waals surface area contributed by atoms with E-state index in [9.17, 15) is 9.59 Å². The fourth-order valence-corrected chi connectivity index (χ4v) is 3.44. The number of thioether (sulfide) groups is 1. The van der Waals surface area contributed by atoms with Crippen LogP contribution in [0, 0.1) is 0 Å². The molecular weight excluding hydrogens is 357 g/mol. The second-order valence-corrected chi connectivity index (χ2v) is 6.84. The largest absolute Gasteiger partial charge is 0.324 e. The summed E-state index contributed by atoms with van der Waals surface area (Å²) in [5.74, 6) is -0.132. The van der Waals surface area contributed by atoms with Crippen LogP contribution in [0.15, 0.2) is 28.2 Å². The number of hydrogen-bond acceptors (Lipinski definition) is 4. The number of halogens is 2. The number of carbonyl (C=O) groups is 1. The first-order valence-electron chi connectivity index (χ1n) is 7.03. The van der Waals surface area contributed by atoms with Crippen LogP contribution in [0.2, 0.25) is 10.0 Å². The zero-order valence-electron chi connectivity index (χ0n) is 12.0. The Balaban J connectivity index is 1.64. The number of amides is 1. The minimum Gasteiger partial charge on any atom is -0.324 e. The lowest BCUT2D eigenvalue weighted by atomic mass is 10.3. The Morgan fingerprint density at radius 2 is 2.17 bits per heavy atom. The molecule has 1 amide bonds. The summed E-state index contributed by atoms with van der Waals surface area (Å²) in [7, 11) is 0. The maximum atomic E-state index is 12.0. The molecule has 1 heterocycles. The summed E-state index contributed by atoms with van der Waals surface area (Å²) in [6, 6.07) is 5.02. The van der Waals surface area contributed by atoms with Crippen molar-refractivity contribution < 1.29 is 4.79 Å². The van der Waals surface area contributed by atoms with Crippen molar-refractivity contribution in [1.82, 2.24) is 9.97 Å². The van der Waals surface area contributed by atoms with Crippen molar-refractivity contribution in [3.63, 3.8) is 0 Å². The number of anilines is 1. The third kappa shape index (κ3) is 3.71. The first kappa shape index (κ1) is 16.4. The van der Waals surface area contributed by atoms with Crippen molar-refractivity contribution in [2.75, 3.05) is 11.1 Å². The monoisotopic (exact) mass is 369 g/mol. The van der Waals surface area contributed by atoms with Crippen LogP contribution in [-0.2, 0) is 17.6 Å². The Kier molecular flexibility index (Phi) is 4.94. The fraction of sp³-hybridized carbons (Fsp3) is 0.267. The van der Waals surface area contributed by atoms with Gasteiger partial charge in [0, 0.05) is 5.56 Å². The Labute approximate surface area is 146 Å². The van der Waals surface area contributed by atoms with Gasteiger partial charge in [0.15, 0.2) is 5.16 Å². The minimum atomic E-state index is -0.248. The number of carbonyl (C=O) groups excluding carboxylic acids is 1. The molecule has 5 nitrogen and oxygen atoms in total. The van der Waals surface area contributed by atoms with Gasteiger partial charge in [0.2, 0.25) is 5.91 Å². The normalized spacial score (nSPS) is 13.0. The summed E-state index contributed by atoms with van der Waals surface area (Å²) in [6.45, 7) is 0. The Hall–Kier alpha value is -1.50. The van der Waals surface area contributed by atoms with E-state index in [4.69, 9.17) is 23.2 Å². The third-order valence-electron chi connectivity index (χ3n) is 3.49. The molecule has 3 rings (SSSR count). The molecule has 0 radical (unpaired) electrons. The molecule has 0 fully saturated rings. The lowest BCUT2D eigenvalue weighted by Gasteiger charge is -2.08. The SMILES string of the molecule is O=C(CSc1nc2c(c(=O)[nH]1)CCC2)Nc1cccc(Cl)c1Cl. The predicted octanol–water partition coefficient (Wildman–Crippen LogP) is 3.30. The minimum absolute atomic E-state index is 0.103. The van der Waals surface area contributed by atoms with Crippen molar-refractivity contribution in [3.8, 4) is 0 Å². The maximum absolute atomic E-state index is 12.0. The first-order chi connectivity index (χ1) is 11.0. The molecule has 2 aromatic rings. The van der Waals surface area contributed by atoms with E-state index < -0.39 is 0 Å². The van der Waals surface area contributed by atoms with Crippen molar-refractivity contribution in [2.45, 2.75) is 24.4 Å². The highest BCUT2D eigenvalue weighted by Crippen LogP contribution is 2.29. The average molecular weight is 370 g/mol. The number of aryl methyl sites for hydroxylation is 1. The summed E-state index contributed by atoms with van der Waals surface area (Å²) in [5.41, 5.74) is 1.97. The van der Waals surface area contributed by atoms with Crippen molar-refractivity contribution >= 4 is 46.6 Å². The van der Waals surface area contributed by atoms with E-state index in [-0.39, 0.29) is 17.2 Å². The van der Waals surface area contributed by atoms with Gasteiger partial charge in [-0.2, -0.15) is 0 Å². The van der Waals surface area contributed by atoms with E-state index in [0.29, 0.717) is 20.9 Å². The number of rotatable bonds is 4. The number of nitrogens with one attached hydrogen (secondary N) is 2. The van der Waals surface area contributed by atoms with Gasteiger partial charge in [0.25, 0.3) is 5.56 Å². The van der Waals surface area contributed by atoms with Gasteiger partial charge in [0.05, 0.1) is 27.2 Å². The van der Waals surface area contributed by atoms with E-state index in [2.05, 4.69) is 15.3 Å². The molecule has 23 heavy (non-hydrogen) atoms. The first-order valence-corrected chi connectivity index (χ1v) is 8.77. The number of aromatic nitrogens is 2. The average Bonchev–Trinajstić information content (AvgIpc) is 2.99. The Bertz CT molecular complexity index is 823. The molecule has 1 aliphatic rings. The van der Waals surface area contributed by atoms with Gasteiger partial charge in [-0.1, -0.05) is 41.0 Å². The second kappa shape index (κ2) is 6.95. The zero-order valence-corrected chi connectivity index (χ0v) is 14.3. The number of hydrogen-bond donors (Lipinski definition) is 2. The van der Waals surface area contributed by atoms with Gasteiger partial charge in [-0.05, 0) is 31.4 Å². The van der Waals surface area contributed by atoms with E-state index in [0.717, 1.165) is 30.5 Å². The van der Waals surface area contributed by atoms with Crippen LogP contribution in [0.1, 0.15) is 17.7 Å². The number of H-pyrrole nitrogens is 1. The Morgan fingerprint density at radius 3 is 3.00 bits per heavy atom. The molecule has 0 atom stereocenters. The molecule has 1 aromatic heterocycles. The quantitative estimate of drug-likeness (QED) is 0.640. The highest BCUT2D eigenvalue weighted by Gasteiger charge is 2.17. The third-order valence-corrected chi connectivity index (χ3v) is 5.18. The van der Waals surface area contributed by atoms with Gasteiger partial charge < -0.3 is 10.3 Å². The topological polar surface area (TPSA) is 74.8 Å². The van der Waals surface area contributed by atoms with Crippen LogP contribution in [0.4, 0.5) is 5.69 Å². The molecule has 1 aliphatic carbocycles. The Morgan fingerprint density at radius 1 is 1.35 bits per heavy atom. The van der Waals surface area contributed by atoms with Gasteiger partial charge in [-0.25, -0.2) is 4.98 Å². The van der Waals surface area contributed by atoms with E-state index in [1.807, 2.05) is 0 Å². The van der Waals surface area contributed by atoms with Crippen LogP contribution in [-0.4, -0.2) is 21.6 Å². The molecule has 1 aromatic carbocycles. The van der Waals surface area contributed by atoms with E-state index in [1.54, 1.807) is 18.2 Å². The van der Waals surface area contributed by atoms with E-state index in [1.165, 1.54) is 11.8 Å². The van der Waals surface area contributed by atoms with Gasteiger partial charge in [-0.15, -0.1) is 0 Å². The van der Waals surface area contributed by atoms with Crippen LogP contribution in [0.5, 0.6) is 0 Å². The molecule has 0 unspecified atom stereocenters. The molecule has 8 heteroatoms. The number of benzene rings is 1. The highest BCUT2D eigenvalue weighted by atomic mass is 35.5. The van der Waals surface area contributed by atoms with Crippen LogP contribution in [0.3, 0.4) is 0 Å². The smallest absolute Gasteiger partial charge is 0.254 e. The summed E-state index contributed by atoms with van der Waals surface area (Å²) in [6.07, 6.45) is 2.54. The molecule has 0 aliphatic heterocycles. The molecule has 2 N–H and O–H groups in total. The van der Waals surface area contributed by atoms with Crippen LogP contribution < -0.4 is 10.9 Å². The van der Waals surface area contributed by atoms with Crippen molar-refractivity contribution in [1.29, 1.82) is 0 Å². The summed E-state index contributed by atoms with van der Waals surface area (Å²) >= 11 is 13.1. The molecule has 120 valence electrons. The molecule has 0 bridgehead atoms. The van der Waals surface area contributed by atoms with Crippen molar-refractivity contribution in [3.05, 3.63) is 49.9 Å². The zero-order chi connectivity index (χ0) is 16.4. The predicted molar refractivity (Wildman–Crippen MR) is 92.7 cm³/mol. The standard InChI is InChI=1S/C15H13Cl2N3O2S/c16-9-4-2-6-11(13(9)17)18-12(21)7-23-15-19-10-5-1-3-8(10)14(22)20-15/h2,4,6H,1,3,5,7H2,(H,18,21)(H,19,20,22). The number of fused-ring (bicyclic) bond motifs is 1. The fourth-order valence-electron chi connectivity index (χ4n) is 2.41. The van der Waals surface area contributed by atoms with Crippen molar-refractivity contribution in [2.24, 2.45) is 0 Å². The van der Waals surface area contributed by atoms with Gasteiger partial charge in [0.1, 0.15) is 0 Å². The summed E-state index contributed by atoms with van der Waals surface area (Å²) in [5, 5.41) is 3.83. The molecule has 0 saturated carbocycles.